The molecule has 2 aromatic rings. The first-order chi connectivity index (χ1) is 12.1. The molecule has 1 aliphatic rings. The first-order valence-corrected chi connectivity index (χ1v) is 9.81. The maximum atomic E-state index is 12.2. The van der Waals surface area contributed by atoms with E-state index in [2.05, 4.69) is 23.5 Å². The second kappa shape index (κ2) is 7.73. The lowest BCUT2D eigenvalue weighted by atomic mass is 9.85. The molecular weight excluding hydrogens is 348 g/mol. The van der Waals surface area contributed by atoms with E-state index in [1.54, 1.807) is 30.0 Å². The van der Waals surface area contributed by atoms with Crippen LogP contribution >= 0.6 is 23.1 Å². The number of hydrogen-bond donors (Lipinski definition) is 1. The van der Waals surface area contributed by atoms with Gasteiger partial charge in [0.2, 0.25) is 0 Å². The minimum Gasteiger partial charge on any atom is -0.353 e. The third kappa shape index (κ3) is 3.71. The van der Waals surface area contributed by atoms with Gasteiger partial charge in [0.25, 0.3) is 0 Å². The van der Waals surface area contributed by atoms with Gasteiger partial charge in [-0.15, -0.1) is 23.1 Å². The highest BCUT2D eigenvalue weighted by Crippen LogP contribution is 2.42. The SMILES string of the molecule is CC(=O)C1=C(C)NC(SCc2ccccc2)=C(C#N)[C@@H]1c1cccs1. The Balaban J connectivity index is 1.98. The molecule has 0 amide bonds. The minimum absolute atomic E-state index is 0.00302. The van der Waals surface area contributed by atoms with Gasteiger partial charge in [0, 0.05) is 21.9 Å². The number of nitrogens with one attached hydrogen (secondary N) is 1. The summed E-state index contributed by atoms with van der Waals surface area (Å²) in [6.45, 7) is 3.48. The van der Waals surface area contributed by atoms with E-state index in [0.29, 0.717) is 11.1 Å². The number of dihydropyridines is 1. The van der Waals surface area contributed by atoms with Gasteiger partial charge in [-0.05, 0) is 30.9 Å². The number of hydrogen-bond acceptors (Lipinski definition) is 5. The molecule has 25 heavy (non-hydrogen) atoms. The van der Waals surface area contributed by atoms with Gasteiger partial charge in [-0.3, -0.25) is 4.79 Å². The highest BCUT2D eigenvalue weighted by molar-refractivity contribution is 8.02. The van der Waals surface area contributed by atoms with Crippen LogP contribution in [0.25, 0.3) is 0 Å². The molecule has 0 saturated heterocycles. The lowest BCUT2D eigenvalue weighted by Crippen LogP contribution is -2.26. The van der Waals surface area contributed by atoms with Crippen molar-refractivity contribution in [3.8, 4) is 6.07 Å². The lowest BCUT2D eigenvalue weighted by Gasteiger charge is -2.28. The largest absolute Gasteiger partial charge is 0.353 e. The molecule has 0 bridgehead atoms. The van der Waals surface area contributed by atoms with E-state index >= 15 is 0 Å². The van der Waals surface area contributed by atoms with Crippen molar-refractivity contribution in [3.05, 3.63) is 80.2 Å². The quantitative estimate of drug-likeness (QED) is 0.812. The Hall–Kier alpha value is -2.29. The van der Waals surface area contributed by atoms with Crippen LogP contribution in [0.2, 0.25) is 0 Å². The van der Waals surface area contributed by atoms with E-state index in [-0.39, 0.29) is 11.7 Å². The van der Waals surface area contributed by atoms with Gasteiger partial charge in [0.15, 0.2) is 5.78 Å². The number of rotatable bonds is 5. The number of thiophene rings is 1. The zero-order valence-corrected chi connectivity index (χ0v) is 15.7. The van der Waals surface area contributed by atoms with Gasteiger partial charge in [-0.1, -0.05) is 36.4 Å². The predicted molar refractivity (Wildman–Crippen MR) is 104 cm³/mol. The number of thioether (sulfide) groups is 1. The Bertz CT molecular complexity index is 874. The number of benzene rings is 1. The van der Waals surface area contributed by atoms with E-state index in [9.17, 15) is 10.1 Å². The number of nitriles is 1. The van der Waals surface area contributed by atoms with E-state index < -0.39 is 0 Å². The summed E-state index contributed by atoms with van der Waals surface area (Å²) in [7, 11) is 0. The van der Waals surface area contributed by atoms with Crippen LogP contribution in [0, 0.1) is 11.3 Å². The van der Waals surface area contributed by atoms with Crippen molar-refractivity contribution in [2.24, 2.45) is 0 Å². The van der Waals surface area contributed by atoms with Gasteiger partial charge >= 0.3 is 0 Å². The highest BCUT2D eigenvalue weighted by Gasteiger charge is 2.33. The molecule has 0 fully saturated rings. The Morgan fingerprint density at radius 3 is 2.64 bits per heavy atom. The smallest absolute Gasteiger partial charge is 0.158 e. The zero-order chi connectivity index (χ0) is 17.8. The summed E-state index contributed by atoms with van der Waals surface area (Å²) in [5, 5.41) is 15.9. The van der Waals surface area contributed by atoms with Crippen molar-refractivity contribution in [3.63, 3.8) is 0 Å². The van der Waals surface area contributed by atoms with Crippen LogP contribution in [0.3, 0.4) is 0 Å². The van der Waals surface area contributed by atoms with Crippen LogP contribution in [0.5, 0.6) is 0 Å². The van der Waals surface area contributed by atoms with Crippen molar-refractivity contribution < 1.29 is 4.79 Å². The van der Waals surface area contributed by atoms with Crippen molar-refractivity contribution >= 4 is 28.9 Å². The summed E-state index contributed by atoms with van der Waals surface area (Å²) in [6.07, 6.45) is 0. The van der Waals surface area contributed by atoms with E-state index in [0.717, 1.165) is 21.4 Å². The molecule has 1 N–H and O–H groups in total. The third-order valence-corrected chi connectivity index (χ3v) is 6.11. The lowest BCUT2D eigenvalue weighted by molar-refractivity contribution is -0.113. The monoisotopic (exact) mass is 366 g/mol. The number of allylic oxidation sites excluding steroid dienone is 3. The summed E-state index contributed by atoms with van der Waals surface area (Å²) in [5.74, 6) is 0.499. The van der Waals surface area contributed by atoms with Crippen molar-refractivity contribution in [1.29, 1.82) is 5.26 Å². The topological polar surface area (TPSA) is 52.9 Å². The van der Waals surface area contributed by atoms with Crippen LogP contribution < -0.4 is 5.32 Å². The van der Waals surface area contributed by atoms with Crippen LogP contribution in [0.1, 0.15) is 30.2 Å². The normalized spacial score (nSPS) is 17.2. The van der Waals surface area contributed by atoms with Crippen LogP contribution in [-0.2, 0) is 10.5 Å². The van der Waals surface area contributed by atoms with Crippen LogP contribution in [0.4, 0.5) is 0 Å². The fourth-order valence-corrected chi connectivity index (χ4v) is 4.85. The van der Waals surface area contributed by atoms with Gasteiger partial charge in [-0.25, -0.2) is 0 Å². The summed E-state index contributed by atoms with van der Waals surface area (Å²) < 4.78 is 0. The Kier molecular flexibility index (Phi) is 5.42. The minimum atomic E-state index is -0.276. The van der Waals surface area contributed by atoms with Crippen LogP contribution in [0.15, 0.2) is 69.7 Å². The Labute approximate surface area is 156 Å². The summed E-state index contributed by atoms with van der Waals surface area (Å²) in [6, 6.07) is 16.5. The maximum absolute atomic E-state index is 12.2. The van der Waals surface area contributed by atoms with E-state index in [4.69, 9.17) is 0 Å². The fourth-order valence-electron chi connectivity index (χ4n) is 2.96. The molecule has 0 spiro atoms. The standard InChI is InChI=1S/C20H18N2OS2/c1-13-18(14(2)23)19(17-9-6-10-24-17)16(11-21)20(22-13)25-12-15-7-4-3-5-8-15/h3-10,19,22H,12H2,1-2H3/t19-/m1/s1. The van der Waals surface area contributed by atoms with E-state index in [1.165, 1.54) is 5.56 Å². The predicted octanol–water partition coefficient (Wildman–Crippen LogP) is 4.97. The maximum Gasteiger partial charge on any atom is 0.158 e. The molecule has 0 aliphatic carbocycles. The molecule has 0 radical (unpaired) electrons. The van der Waals surface area contributed by atoms with Crippen molar-refractivity contribution in [2.75, 3.05) is 0 Å². The molecular formula is C20H18N2OS2. The third-order valence-electron chi connectivity index (χ3n) is 4.08. The Morgan fingerprint density at radius 1 is 1.28 bits per heavy atom. The van der Waals surface area contributed by atoms with Crippen LogP contribution in [-0.4, -0.2) is 5.78 Å². The molecule has 0 unspecified atom stereocenters. The fraction of sp³-hybridized carbons (Fsp3) is 0.200. The molecule has 3 nitrogen and oxygen atoms in total. The molecule has 1 atom stereocenters. The second-order valence-electron chi connectivity index (χ2n) is 5.80. The first kappa shape index (κ1) is 17.5. The zero-order valence-electron chi connectivity index (χ0n) is 14.1. The molecule has 0 saturated carbocycles. The number of nitrogens with zero attached hydrogens (tertiary/aromatic N) is 1. The molecule has 5 heteroatoms. The van der Waals surface area contributed by atoms with Crippen molar-refractivity contribution in [1.82, 2.24) is 5.32 Å². The Morgan fingerprint density at radius 2 is 2.04 bits per heavy atom. The van der Waals surface area contributed by atoms with Gasteiger partial charge in [-0.2, -0.15) is 5.26 Å². The van der Waals surface area contributed by atoms with Crippen molar-refractivity contribution in [2.45, 2.75) is 25.5 Å². The first-order valence-electron chi connectivity index (χ1n) is 7.95. The van der Waals surface area contributed by atoms with Gasteiger partial charge < -0.3 is 5.32 Å². The van der Waals surface area contributed by atoms with E-state index in [1.807, 2.05) is 42.6 Å². The number of ketones is 1. The molecule has 1 aromatic heterocycles. The average molecular weight is 367 g/mol. The molecule has 1 aliphatic heterocycles. The number of Topliss-reactive ketones (excluding diaryl/α,β-unsaturated/α-hetero) is 1. The second-order valence-corrected chi connectivity index (χ2v) is 7.76. The van der Waals surface area contributed by atoms with Gasteiger partial charge in [0.1, 0.15) is 0 Å². The molecule has 1 aromatic carbocycles. The molecule has 3 rings (SSSR count). The summed E-state index contributed by atoms with van der Waals surface area (Å²) in [5.41, 5.74) is 3.34. The number of carbonyl (C=O) groups is 1. The summed E-state index contributed by atoms with van der Waals surface area (Å²) in [4.78, 5) is 13.3. The number of carbonyl (C=O) groups excluding carboxylic acids is 1. The molecule has 2 heterocycles. The summed E-state index contributed by atoms with van der Waals surface area (Å²) >= 11 is 3.19. The highest BCUT2D eigenvalue weighted by atomic mass is 32.2. The molecule has 126 valence electrons. The van der Waals surface area contributed by atoms with Gasteiger partial charge in [0.05, 0.1) is 22.6 Å². The average Bonchev–Trinajstić information content (AvgIpc) is 3.14.